The highest BCUT2D eigenvalue weighted by Gasteiger charge is 2.06. The highest BCUT2D eigenvalue weighted by Crippen LogP contribution is 1.96. The summed E-state index contributed by atoms with van der Waals surface area (Å²) in [7, 11) is 0. The van der Waals surface area contributed by atoms with Crippen molar-refractivity contribution in [3.63, 3.8) is 0 Å². The third-order valence-corrected chi connectivity index (χ3v) is 1.10. The number of H-pyrrole nitrogens is 1. The van der Waals surface area contributed by atoms with Crippen molar-refractivity contribution in [1.82, 2.24) is 9.71 Å². The molecule has 0 saturated carbocycles. The van der Waals surface area contributed by atoms with Crippen molar-refractivity contribution < 1.29 is 14.7 Å². The zero-order valence-electron chi connectivity index (χ0n) is 6.60. The van der Waals surface area contributed by atoms with Gasteiger partial charge in [-0.2, -0.15) is 0 Å². The second kappa shape index (κ2) is 3.13. The van der Waals surface area contributed by atoms with Crippen molar-refractivity contribution in [3.8, 4) is 5.88 Å². The molecule has 0 fully saturated rings. The molecule has 0 aromatic carbocycles. The Morgan fingerprint density at radius 2 is 2.23 bits per heavy atom. The van der Waals surface area contributed by atoms with Crippen molar-refractivity contribution in [1.29, 1.82) is 0 Å². The van der Waals surface area contributed by atoms with Gasteiger partial charge in [0.25, 0.3) is 5.56 Å². The van der Waals surface area contributed by atoms with Crippen LogP contribution < -0.4 is 16.1 Å². The SMILES string of the molecule is CC(=O)On1c(O)cc(=O)[nH]c1=O. The van der Waals surface area contributed by atoms with Crippen LogP contribution in [0.4, 0.5) is 0 Å². The van der Waals surface area contributed by atoms with Crippen molar-refractivity contribution in [2.24, 2.45) is 0 Å². The molecule has 1 rings (SSSR count). The van der Waals surface area contributed by atoms with E-state index >= 15 is 0 Å². The van der Waals surface area contributed by atoms with Crippen LogP contribution in [0.3, 0.4) is 0 Å². The van der Waals surface area contributed by atoms with Crippen molar-refractivity contribution in [2.45, 2.75) is 6.92 Å². The van der Waals surface area contributed by atoms with E-state index in [4.69, 9.17) is 5.11 Å². The summed E-state index contributed by atoms with van der Waals surface area (Å²) in [6.45, 7) is 1.05. The maximum absolute atomic E-state index is 10.9. The second-order valence-electron chi connectivity index (χ2n) is 2.17. The van der Waals surface area contributed by atoms with E-state index in [9.17, 15) is 14.4 Å². The lowest BCUT2D eigenvalue weighted by atomic mass is 10.6. The molecule has 0 saturated heterocycles. The van der Waals surface area contributed by atoms with Crippen molar-refractivity contribution >= 4 is 5.97 Å². The Balaban J connectivity index is 3.29. The van der Waals surface area contributed by atoms with Crippen LogP contribution in [0.5, 0.6) is 5.88 Å². The van der Waals surface area contributed by atoms with Crippen LogP contribution >= 0.6 is 0 Å². The van der Waals surface area contributed by atoms with E-state index in [0.717, 1.165) is 6.92 Å². The van der Waals surface area contributed by atoms with Crippen LogP contribution in [0.15, 0.2) is 15.7 Å². The Morgan fingerprint density at radius 3 is 2.69 bits per heavy atom. The Labute approximate surface area is 71.2 Å². The highest BCUT2D eigenvalue weighted by atomic mass is 16.7. The maximum atomic E-state index is 10.9. The van der Waals surface area contributed by atoms with Gasteiger partial charge in [0.2, 0.25) is 5.88 Å². The molecule has 70 valence electrons. The number of carbonyl (C=O) groups excluding carboxylic acids is 1. The zero-order chi connectivity index (χ0) is 10.0. The molecule has 0 radical (unpaired) electrons. The largest absolute Gasteiger partial charge is 0.492 e. The summed E-state index contributed by atoms with van der Waals surface area (Å²) in [5, 5.41) is 8.99. The van der Waals surface area contributed by atoms with Crippen molar-refractivity contribution in [2.75, 3.05) is 0 Å². The number of rotatable bonds is 1. The molecule has 0 aliphatic heterocycles. The molecule has 7 nitrogen and oxygen atoms in total. The van der Waals surface area contributed by atoms with E-state index in [1.54, 1.807) is 4.98 Å². The lowest BCUT2D eigenvalue weighted by Gasteiger charge is -2.03. The summed E-state index contributed by atoms with van der Waals surface area (Å²) in [4.78, 5) is 37.9. The van der Waals surface area contributed by atoms with E-state index < -0.39 is 23.1 Å². The third kappa shape index (κ3) is 1.95. The zero-order valence-corrected chi connectivity index (χ0v) is 6.60. The topological polar surface area (TPSA) is 101 Å². The molecule has 0 atom stereocenters. The summed E-state index contributed by atoms with van der Waals surface area (Å²) in [5.41, 5.74) is -1.79. The molecule has 7 heteroatoms. The average Bonchev–Trinajstić information content (AvgIpc) is 1.96. The number of carbonyl (C=O) groups is 1. The lowest BCUT2D eigenvalue weighted by Crippen LogP contribution is -2.35. The standard InChI is InChI=1S/C6H6N2O5/c1-3(9)13-8-5(11)2-4(10)7-6(8)12/h2,11H,1H3,(H,7,10,12). The maximum Gasteiger partial charge on any atom is 0.365 e. The molecule has 2 N–H and O–H groups in total. The number of aromatic hydroxyl groups is 1. The minimum Gasteiger partial charge on any atom is -0.492 e. The molecule has 0 bridgehead atoms. The fraction of sp³-hybridized carbons (Fsp3) is 0.167. The number of hydrogen-bond donors (Lipinski definition) is 2. The number of aromatic nitrogens is 2. The van der Waals surface area contributed by atoms with Crippen LogP contribution in [0.1, 0.15) is 6.92 Å². The van der Waals surface area contributed by atoms with Gasteiger partial charge in [0.05, 0.1) is 6.07 Å². The fourth-order valence-electron chi connectivity index (χ4n) is 0.689. The Hall–Kier alpha value is -2.05. The molecule has 1 heterocycles. The van der Waals surface area contributed by atoms with Gasteiger partial charge in [-0.05, 0) is 0 Å². The molecular formula is C6H6N2O5. The summed E-state index contributed by atoms with van der Waals surface area (Å²) >= 11 is 0. The smallest absolute Gasteiger partial charge is 0.365 e. The normalized spacial score (nSPS) is 9.62. The van der Waals surface area contributed by atoms with Gasteiger partial charge in [-0.15, -0.1) is 0 Å². The van der Waals surface area contributed by atoms with E-state index in [1.165, 1.54) is 0 Å². The number of nitrogens with zero attached hydrogens (tertiary/aromatic N) is 1. The average molecular weight is 186 g/mol. The van der Waals surface area contributed by atoms with Gasteiger partial charge in [-0.3, -0.25) is 9.78 Å². The minimum absolute atomic E-state index is 0.281. The Kier molecular flexibility index (Phi) is 2.18. The minimum atomic E-state index is -1.01. The second-order valence-corrected chi connectivity index (χ2v) is 2.17. The first-order chi connectivity index (χ1) is 6.00. The van der Waals surface area contributed by atoms with Gasteiger partial charge in [-0.1, -0.05) is 4.73 Å². The summed E-state index contributed by atoms with van der Waals surface area (Å²) in [6, 6.07) is 0.713. The quantitative estimate of drug-likeness (QED) is 0.539. The van der Waals surface area contributed by atoms with Crippen LogP contribution in [0.2, 0.25) is 0 Å². The summed E-state index contributed by atoms with van der Waals surface area (Å²) in [5.74, 6) is -1.52. The van der Waals surface area contributed by atoms with Crippen molar-refractivity contribution in [3.05, 3.63) is 26.9 Å². The van der Waals surface area contributed by atoms with Crippen LogP contribution in [-0.4, -0.2) is 20.8 Å². The van der Waals surface area contributed by atoms with E-state index in [1.807, 2.05) is 0 Å². The van der Waals surface area contributed by atoms with Crippen LogP contribution in [0.25, 0.3) is 0 Å². The summed E-state index contributed by atoms with van der Waals surface area (Å²) < 4.78 is 0.281. The van der Waals surface area contributed by atoms with E-state index in [2.05, 4.69) is 4.84 Å². The predicted molar refractivity (Wildman–Crippen MR) is 40.2 cm³/mol. The highest BCUT2D eigenvalue weighted by molar-refractivity contribution is 5.66. The molecule has 0 spiro atoms. The molecule has 0 amide bonds. The monoisotopic (exact) mass is 186 g/mol. The van der Waals surface area contributed by atoms with Crippen LogP contribution in [-0.2, 0) is 4.79 Å². The molecule has 0 unspecified atom stereocenters. The third-order valence-electron chi connectivity index (χ3n) is 1.10. The molecule has 0 aliphatic rings. The lowest BCUT2D eigenvalue weighted by molar-refractivity contribution is -0.142. The van der Waals surface area contributed by atoms with E-state index in [0.29, 0.717) is 6.07 Å². The van der Waals surface area contributed by atoms with Gasteiger partial charge in [0, 0.05) is 6.92 Å². The fourth-order valence-corrected chi connectivity index (χ4v) is 0.689. The molecule has 1 aromatic heterocycles. The van der Waals surface area contributed by atoms with Gasteiger partial charge in [0.15, 0.2) is 0 Å². The Morgan fingerprint density at radius 1 is 1.62 bits per heavy atom. The first-order valence-corrected chi connectivity index (χ1v) is 3.25. The molecule has 1 aromatic rings. The number of nitrogens with one attached hydrogen (secondary N) is 1. The molecule has 13 heavy (non-hydrogen) atoms. The van der Waals surface area contributed by atoms with Gasteiger partial charge in [-0.25, -0.2) is 9.59 Å². The van der Waals surface area contributed by atoms with Gasteiger partial charge < -0.3 is 9.94 Å². The molecule has 0 aliphatic carbocycles. The van der Waals surface area contributed by atoms with Gasteiger partial charge in [0.1, 0.15) is 0 Å². The first kappa shape index (κ1) is 9.04. The number of hydrogen-bond acceptors (Lipinski definition) is 5. The summed E-state index contributed by atoms with van der Waals surface area (Å²) in [6.07, 6.45) is 0. The number of aromatic amines is 1. The molecular weight excluding hydrogens is 180 g/mol. The predicted octanol–water partition coefficient (Wildman–Crippen LogP) is -1.78. The first-order valence-electron chi connectivity index (χ1n) is 3.25. The Bertz CT molecular complexity index is 443. The van der Waals surface area contributed by atoms with Gasteiger partial charge >= 0.3 is 11.7 Å². The van der Waals surface area contributed by atoms with Crippen LogP contribution in [0, 0.1) is 0 Å². The van der Waals surface area contributed by atoms with E-state index in [-0.39, 0.29) is 4.73 Å².